The van der Waals surface area contributed by atoms with Crippen LogP contribution in [0.5, 0.6) is 0 Å². The van der Waals surface area contributed by atoms with Crippen molar-refractivity contribution in [3.8, 4) is 0 Å². The average Bonchev–Trinajstić information content (AvgIpc) is 2.59. The molecule has 0 fully saturated rings. The van der Waals surface area contributed by atoms with Crippen LogP contribution in [-0.2, 0) is 10.1 Å². The normalized spacial score (nSPS) is 16.1. The molecule has 0 saturated heterocycles. The predicted octanol–water partition coefficient (Wildman–Crippen LogP) is 0.844. The van der Waals surface area contributed by atoms with Crippen molar-refractivity contribution in [1.29, 1.82) is 0 Å². The first-order chi connectivity index (χ1) is 7.01. The van der Waals surface area contributed by atoms with Crippen molar-refractivity contribution >= 4 is 10.1 Å². The van der Waals surface area contributed by atoms with E-state index in [-0.39, 0.29) is 5.75 Å². The first-order valence-corrected chi connectivity index (χ1v) is 6.38. The van der Waals surface area contributed by atoms with Gasteiger partial charge in [0.05, 0.1) is 12.4 Å². The Hall–Kier alpha value is -1.01. The predicted molar refractivity (Wildman–Crippen MR) is 58.4 cm³/mol. The Bertz CT molecular complexity index is 337. The van der Waals surface area contributed by atoms with Gasteiger partial charge in [-0.2, -0.15) is 8.42 Å². The summed E-state index contributed by atoms with van der Waals surface area (Å²) in [6, 6.07) is 0. The lowest BCUT2D eigenvalue weighted by Gasteiger charge is -2.17. The van der Waals surface area contributed by atoms with Gasteiger partial charge >= 0.3 is 0 Å². The first kappa shape index (κ1) is 12.1. The molecule has 1 heterocycles. The topological polar surface area (TPSA) is 60.9 Å². The third kappa shape index (κ3) is 4.85. The van der Waals surface area contributed by atoms with Crippen molar-refractivity contribution in [3.05, 3.63) is 25.2 Å². The largest absolute Gasteiger partial charge is 0.358 e. The van der Waals surface area contributed by atoms with Crippen LogP contribution in [0.25, 0.3) is 0 Å². The van der Waals surface area contributed by atoms with E-state index >= 15 is 0 Å². The fourth-order valence-electron chi connectivity index (χ4n) is 1.35. The summed E-state index contributed by atoms with van der Waals surface area (Å²) in [5, 5.41) is 0. The minimum absolute atomic E-state index is 0.157. The monoisotopic (exact) mass is 232 g/mol. The molecule has 5 nitrogen and oxygen atoms in total. The summed E-state index contributed by atoms with van der Waals surface area (Å²) >= 11 is 0. The number of nitrogens with zero attached hydrogens (tertiary/aromatic N) is 2. The van der Waals surface area contributed by atoms with Crippen LogP contribution in [0.15, 0.2) is 25.2 Å². The molecule has 0 amide bonds. The second-order valence-corrected chi connectivity index (χ2v) is 5.01. The van der Waals surface area contributed by atoms with Gasteiger partial charge in [-0.3, -0.25) is 4.55 Å². The van der Waals surface area contributed by atoms with Crippen molar-refractivity contribution in [3.63, 3.8) is 0 Å². The van der Waals surface area contributed by atoms with Crippen LogP contribution in [0.1, 0.15) is 12.8 Å². The first-order valence-electron chi connectivity index (χ1n) is 4.77. The zero-order valence-corrected chi connectivity index (χ0v) is 9.36. The number of hydrogen-bond acceptors (Lipinski definition) is 4. The Balaban J connectivity index is 2.12. The Morgan fingerprint density at radius 2 is 2.13 bits per heavy atom. The number of rotatable bonds is 6. The fraction of sp³-hybridized carbons (Fsp3) is 0.556. The van der Waals surface area contributed by atoms with Gasteiger partial charge in [0, 0.05) is 18.9 Å². The molecule has 6 heteroatoms. The molecule has 0 spiro atoms. The zero-order valence-electron chi connectivity index (χ0n) is 8.54. The van der Waals surface area contributed by atoms with Crippen molar-refractivity contribution in [2.75, 3.05) is 19.0 Å². The molecule has 0 aromatic rings. The maximum absolute atomic E-state index is 10.4. The quantitative estimate of drug-likeness (QED) is 0.543. The standard InChI is InChI=1S/C9H16N2O3S/c1-2-10-6-7-11(9-10)5-3-4-8-15(12,13)14/h2,6-7H,1,3-5,8-9H2,(H,12,13,14). The van der Waals surface area contributed by atoms with Crippen molar-refractivity contribution in [1.82, 2.24) is 9.80 Å². The molecule has 0 unspecified atom stereocenters. The Labute approximate surface area is 90.4 Å². The lowest BCUT2D eigenvalue weighted by Crippen LogP contribution is -2.23. The van der Waals surface area contributed by atoms with Crippen LogP contribution in [0.3, 0.4) is 0 Å². The van der Waals surface area contributed by atoms with E-state index in [2.05, 4.69) is 11.5 Å². The molecule has 0 aliphatic carbocycles. The molecule has 0 bridgehead atoms. The smallest absolute Gasteiger partial charge is 0.264 e. The molecular weight excluding hydrogens is 216 g/mol. The molecule has 86 valence electrons. The maximum atomic E-state index is 10.4. The molecule has 1 N–H and O–H groups in total. The minimum atomic E-state index is -3.80. The van der Waals surface area contributed by atoms with E-state index in [9.17, 15) is 8.42 Å². The lowest BCUT2D eigenvalue weighted by atomic mass is 10.3. The molecule has 1 aliphatic rings. The third-order valence-corrected chi connectivity index (χ3v) is 2.95. The van der Waals surface area contributed by atoms with Gasteiger partial charge in [0.25, 0.3) is 10.1 Å². The second kappa shape index (κ2) is 5.18. The van der Waals surface area contributed by atoms with Crippen molar-refractivity contribution < 1.29 is 13.0 Å². The van der Waals surface area contributed by atoms with E-state index in [1.165, 1.54) is 0 Å². The SMILES string of the molecule is C=CN1C=CN(CCCCS(=O)(=O)O)C1. The zero-order chi connectivity index (χ0) is 11.3. The van der Waals surface area contributed by atoms with Gasteiger partial charge in [-0.15, -0.1) is 0 Å². The summed E-state index contributed by atoms with van der Waals surface area (Å²) in [6.45, 7) is 5.19. The van der Waals surface area contributed by atoms with E-state index in [4.69, 9.17) is 4.55 Å². The van der Waals surface area contributed by atoms with Crippen LogP contribution in [-0.4, -0.2) is 41.7 Å². The van der Waals surface area contributed by atoms with E-state index in [1.807, 2.05) is 17.3 Å². The van der Waals surface area contributed by atoms with Gasteiger partial charge in [0.2, 0.25) is 0 Å². The molecule has 0 radical (unpaired) electrons. The van der Waals surface area contributed by atoms with Crippen LogP contribution < -0.4 is 0 Å². The molecule has 0 aromatic carbocycles. The molecular formula is C9H16N2O3S. The van der Waals surface area contributed by atoms with Gasteiger partial charge < -0.3 is 9.80 Å². The fourth-order valence-corrected chi connectivity index (χ4v) is 1.92. The van der Waals surface area contributed by atoms with Gasteiger partial charge in [0.15, 0.2) is 0 Å². The van der Waals surface area contributed by atoms with Crippen LogP contribution >= 0.6 is 0 Å². The van der Waals surface area contributed by atoms with Gasteiger partial charge in [-0.25, -0.2) is 0 Å². The van der Waals surface area contributed by atoms with Gasteiger partial charge in [-0.1, -0.05) is 6.58 Å². The Kier molecular flexibility index (Phi) is 4.16. The molecule has 1 aliphatic heterocycles. The average molecular weight is 232 g/mol. The van der Waals surface area contributed by atoms with Crippen LogP contribution in [0, 0.1) is 0 Å². The summed E-state index contributed by atoms with van der Waals surface area (Å²) in [5.41, 5.74) is 0. The lowest BCUT2D eigenvalue weighted by molar-refractivity contribution is 0.310. The van der Waals surface area contributed by atoms with E-state index < -0.39 is 10.1 Å². The molecule has 0 aromatic heterocycles. The highest BCUT2D eigenvalue weighted by Crippen LogP contribution is 2.07. The molecule has 0 saturated carbocycles. The van der Waals surface area contributed by atoms with E-state index in [1.54, 1.807) is 6.20 Å². The highest BCUT2D eigenvalue weighted by molar-refractivity contribution is 7.85. The highest BCUT2D eigenvalue weighted by Gasteiger charge is 2.09. The minimum Gasteiger partial charge on any atom is -0.358 e. The van der Waals surface area contributed by atoms with E-state index in [0.717, 1.165) is 19.6 Å². The van der Waals surface area contributed by atoms with Crippen molar-refractivity contribution in [2.45, 2.75) is 12.8 Å². The summed E-state index contributed by atoms with van der Waals surface area (Å²) < 4.78 is 29.4. The summed E-state index contributed by atoms with van der Waals surface area (Å²) in [6.07, 6.45) is 6.81. The van der Waals surface area contributed by atoms with Crippen LogP contribution in [0.2, 0.25) is 0 Å². The number of hydrogen-bond donors (Lipinski definition) is 1. The Morgan fingerprint density at radius 3 is 2.67 bits per heavy atom. The molecule has 1 rings (SSSR count). The van der Waals surface area contributed by atoms with Crippen LogP contribution in [0.4, 0.5) is 0 Å². The number of unbranched alkanes of at least 4 members (excludes halogenated alkanes) is 1. The van der Waals surface area contributed by atoms with Gasteiger partial charge in [-0.05, 0) is 19.0 Å². The summed E-state index contributed by atoms with van der Waals surface area (Å²) in [5.74, 6) is -0.157. The van der Waals surface area contributed by atoms with Crippen molar-refractivity contribution in [2.24, 2.45) is 0 Å². The molecule has 0 atom stereocenters. The van der Waals surface area contributed by atoms with Gasteiger partial charge in [0.1, 0.15) is 0 Å². The Morgan fingerprint density at radius 1 is 1.40 bits per heavy atom. The summed E-state index contributed by atoms with van der Waals surface area (Å²) in [4.78, 5) is 3.99. The maximum Gasteiger partial charge on any atom is 0.264 e. The second-order valence-electron chi connectivity index (χ2n) is 3.44. The molecule has 15 heavy (non-hydrogen) atoms. The third-order valence-electron chi connectivity index (χ3n) is 2.15. The van der Waals surface area contributed by atoms with E-state index in [0.29, 0.717) is 6.42 Å². The highest BCUT2D eigenvalue weighted by atomic mass is 32.2. The summed E-state index contributed by atoms with van der Waals surface area (Å²) in [7, 11) is -3.80.